The summed E-state index contributed by atoms with van der Waals surface area (Å²) in [5.41, 5.74) is 1.23. The Kier molecular flexibility index (Phi) is 11.3. The summed E-state index contributed by atoms with van der Waals surface area (Å²) in [6, 6.07) is 6.05. The summed E-state index contributed by atoms with van der Waals surface area (Å²) in [7, 11) is 5.10. The summed E-state index contributed by atoms with van der Waals surface area (Å²) in [5.74, 6) is 2.95. The molecular formula is C20H35N3O3. The third-order valence-corrected chi connectivity index (χ3v) is 3.82. The van der Waals surface area contributed by atoms with Crippen LogP contribution in [0.4, 0.5) is 0 Å². The van der Waals surface area contributed by atoms with Crippen LogP contribution in [0, 0.1) is 5.92 Å². The van der Waals surface area contributed by atoms with Crippen LogP contribution in [-0.2, 0) is 11.2 Å². The minimum atomic E-state index is 0.586. The molecule has 0 radical (unpaired) electrons. The van der Waals surface area contributed by atoms with E-state index in [1.807, 2.05) is 12.1 Å². The van der Waals surface area contributed by atoms with Crippen molar-refractivity contribution >= 4 is 5.96 Å². The molecule has 0 heterocycles. The largest absolute Gasteiger partial charge is 0.493 e. The summed E-state index contributed by atoms with van der Waals surface area (Å²) in [6.07, 6.45) is 2.94. The molecule has 0 bridgehead atoms. The van der Waals surface area contributed by atoms with Gasteiger partial charge in [-0.3, -0.25) is 4.99 Å². The van der Waals surface area contributed by atoms with Crippen molar-refractivity contribution in [3.63, 3.8) is 0 Å². The molecule has 6 nitrogen and oxygen atoms in total. The Morgan fingerprint density at radius 3 is 2.35 bits per heavy atom. The van der Waals surface area contributed by atoms with E-state index in [0.29, 0.717) is 5.92 Å². The fraction of sp³-hybridized carbons (Fsp3) is 0.650. The Bertz CT molecular complexity index is 533. The molecule has 1 aromatic carbocycles. The molecule has 0 aliphatic heterocycles. The molecule has 148 valence electrons. The number of hydrogen-bond acceptors (Lipinski definition) is 4. The predicted octanol–water partition coefficient (Wildman–Crippen LogP) is 2.86. The standard InChI is InChI=1S/C20H35N3O3/c1-16(2)15-26-13-7-12-23-20(21-3)22-11-6-8-17-9-10-18(24-4)19(14-17)25-5/h9-10,14,16H,6-8,11-13,15H2,1-5H3,(H2,21,22,23). The average molecular weight is 366 g/mol. The van der Waals surface area contributed by atoms with E-state index < -0.39 is 0 Å². The van der Waals surface area contributed by atoms with E-state index in [1.54, 1.807) is 21.3 Å². The van der Waals surface area contributed by atoms with Crippen molar-refractivity contribution in [1.82, 2.24) is 10.6 Å². The molecule has 6 heteroatoms. The maximum absolute atomic E-state index is 5.57. The quantitative estimate of drug-likeness (QED) is 0.339. The van der Waals surface area contributed by atoms with Crippen LogP contribution in [-0.4, -0.2) is 53.5 Å². The molecule has 0 unspecified atom stereocenters. The van der Waals surface area contributed by atoms with Crippen molar-refractivity contribution in [3.8, 4) is 11.5 Å². The van der Waals surface area contributed by atoms with Crippen LogP contribution >= 0.6 is 0 Å². The number of nitrogens with zero attached hydrogens (tertiary/aromatic N) is 1. The zero-order valence-corrected chi connectivity index (χ0v) is 16.9. The molecular weight excluding hydrogens is 330 g/mol. The molecule has 0 spiro atoms. The number of benzene rings is 1. The molecule has 2 N–H and O–H groups in total. The Morgan fingerprint density at radius 1 is 1.04 bits per heavy atom. The van der Waals surface area contributed by atoms with Crippen LogP contribution in [0.5, 0.6) is 11.5 Å². The highest BCUT2D eigenvalue weighted by Gasteiger charge is 2.04. The molecule has 0 aliphatic carbocycles. The Labute approximate surface area is 158 Å². The normalized spacial score (nSPS) is 11.5. The van der Waals surface area contributed by atoms with Crippen LogP contribution in [0.15, 0.2) is 23.2 Å². The molecule has 0 atom stereocenters. The monoisotopic (exact) mass is 365 g/mol. The van der Waals surface area contributed by atoms with Gasteiger partial charge >= 0.3 is 0 Å². The lowest BCUT2D eigenvalue weighted by atomic mass is 10.1. The van der Waals surface area contributed by atoms with Gasteiger partial charge in [0.25, 0.3) is 0 Å². The highest BCUT2D eigenvalue weighted by molar-refractivity contribution is 5.79. The van der Waals surface area contributed by atoms with Crippen molar-refractivity contribution in [3.05, 3.63) is 23.8 Å². The molecule has 0 fully saturated rings. The van der Waals surface area contributed by atoms with Crippen molar-refractivity contribution in [2.75, 3.05) is 47.6 Å². The summed E-state index contributed by atoms with van der Waals surface area (Å²) in [6.45, 7) is 7.63. The van der Waals surface area contributed by atoms with Gasteiger partial charge in [-0.25, -0.2) is 0 Å². The number of aliphatic imine (C=N–C) groups is 1. The summed E-state index contributed by atoms with van der Waals surface area (Å²) in [5, 5.41) is 6.65. The van der Waals surface area contributed by atoms with Crippen molar-refractivity contribution in [1.29, 1.82) is 0 Å². The molecule has 0 aromatic heterocycles. The second-order valence-electron chi connectivity index (χ2n) is 6.54. The van der Waals surface area contributed by atoms with Gasteiger partial charge in [-0.05, 0) is 42.9 Å². The zero-order chi connectivity index (χ0) is 19.2. The first kappa shape index (κ1) is 22.1. The maximum atomic E-state index is 5.57. The zero-order valence-electron chi connectivity index (χ0n) is 16.9. The first-order valence-corrected chi connectivity index (χ1v) is 9.33. The van der Waals surface area contributed by atoms with Gasteiger partial charge in [0.05, 0.1) is 14.2 Å². The first-order valence-electron chi connectivity index (χ1n) is 9.33. The van der Waals surface area contributed by atoms with Crippen LogP contribution in [0.3, 0.4) is 0 Å². The van der Waals surface area contributed by atoms with Gasteiger partial charge in [0, 0.05) is 33.4 Å². The third kappa shape index (κ3) is 8.94. The highest BCUT2D eigenvalue weighted by atomic mass is 16.5. The fourth-order valence-corrected chi connectivity index (χ4v) is 2.46. The molecule has 1 aromatic rings. The van der Waals surface area contributed by atoms with E-state index in [-0.39, 0.29) is 0 Å². The Balaban J connectivity index is 2.20. The molecule has 1 rings (SSSR count). The summed E-state index contributed by atoms with van der Waals surface area (Å²) >= 11 is 0. The lowest BCUT2D eigenvalue weighted by Gasteiger charge is -2.13. The lowest BCUT2D eigenvalue weighted by Crippen LogP contribution is -2.38. The maximum Gasteiger partial charge on any atom is 0.190 e. The van der Waals surface area contributed by atoms with Gasteiger partial charge in [0.2, 0.25) is 0 Å². The van der Waals surface area contributed by atoms with E-state index >= 15 is 0 Å². The Hall–Kier alpha value is -1.95. The van der Waals surface area contributed by atoms with Gasteiger partial charge in [-0.15, -0.1) is 0 Å². The van der Waals surface area contributed by atoms with E-state index in [9.17, 15) is 0 Å². The van der Waals surface area contributed by atoms with Gasteiger partial charge in [-0.1, -0.05) is 19.9 Å². The van der Waals surface area contributed by atoms with E-state index in [2.05, 4.69) is 35.5 Å². The topological polar surface area (TPSA) is 64.1 Å². The average Bonchev–Trinajstić information content (AvgIpc) is 2.65. The predicted molar refractivity (Wildman–Crippen MR) is 108 cm³/mol. The fourth-order valence-electron chi connectivity index (χ4n) is 2.46. The number of hydrogen-bond donors (Lipinski definition) is 2. The second kappa shape index (κ2) is 13.3. The molecule has 0 amide bonds. The van der Waals surface area contributed by atoms with Gasteiger partial charge in [-0.2, -0.15) is 0 Å². The first-order chi connectivity index (χ1) is 12.6. The van der Waals surface area contributed by atoms with Gasteiger partial charge in [0.1, 0.15) is 0 Å². The lowest BCUT2D eigenvalue weighted by molar-refractivity contribution is 0.108. The van der Waals surface area contributed by atoms with E-state index in [0.717, 1.165) is 63.0 Å². The van der Waals surface area contributed by atoms with Crippen molar-refractivity contribution in [2.24, 2.45) is 10.9 Å². The van der Waals surface area contributed by atoms with Crippen molar-refractivity contribution < 1.29 is 14.2 Å². The number of nitrogens with one attached hydrogen (secondary N) is 2. The van der Waals surface area contributed by atoms with Gasteiger partial charge in [0.15, 0.2) is 17.5 Å². The number of methoxy groups -OCH3 is 2. The van der Waals surface area contributed by atoms with E-state index in [1.165, 1.54) is 5.56 Å². The smallest absolute Gasteiger partial charge is 0.190 e. The SMILES string of the molecule is CN=C(NCCCOCC(C)C)NCCCc1ccc(OC)c(OC)c1. The minimum absolute atomic E-state index is 0.586. The molecule has 0 saturated carbocycles. The number of guanidine groups is 1. The molecule has 26 heavy (non-hydrogen) atoms. The van der Waals surface area contributed by atoms with Crippen LogP contribution < -0.4 is 20.1 Å². The third-order valence-electron chi connectivity index (χ3n) is 3.82. The minimum Gasteiger partial charge on any atom is -0.493 e. The number of ether oxygens (including phenoxy) is 3. The van der Waals surface area contributed by atoms with E-state index in [4.69, 9.17) is 14.2 Å². The van der Waals surface area contributed by atoms with Crippen LogP contribution in [0.1, 0.15) is 32.3 Å². The summed E-state index contributed by atoms with van der Waals surface area (Å²) in [4.78, 5) is 4.25. The number of rotatable bonds is 12. The summed E-state index contributed by atoms with van der Waals surface area (Å²) < 4.78 is 16.2. The second-order valence-corrected chi connectivity index (χ2v) is 6.54. The molecule has 0 aliphatic rings. The van der Waals surface area contributed by atoms with Crippen molar-refractivity contribution in [2.45, 2.75) is 33.1 Å². The molecule has 0 saturated heterocycles. The number of aryl methyl sites for hydroxylation is 1. The van der Waals surface area contributed by atoms with Crippen LogP contribution in [0.2, 0.25) is 0 Å². The van der Waals surface area contributed by atoms with Crippen LogP contribution in [0.25, 0.3) is 0 Å². The van der Waals surface area contributed by atoms with Gasteiger partial charge < -0.3 is 24.8 Å². The highest BCUT2D eigenvalue weighted by Crippen LogP contribution is 2.27. The Morgan fingerprint density at radius 2 is 1.73 bits per heavy atom.